The van der Waals surface area contributed by atoms with Crippen molar-refractivity contribution in [2.24, 2.45) is 0 Å². The molecule has 8 heteroatoms. The molecule has 0 radical (unpaired) electrons. The van der Waals surface area contributed by atoms with Gasteiger partial charge in [0.25, 0.3) is 0 Å². The first-order chi connectivity index (χ1) is 6.70. The fourth-order valence-electron chi connectivity index (χ4n) is 1.22. The second-order valence-electron chi connectivity index (χ2n) is 3.07. The van der Waals surface area contributed by atoms with Crippen LogP contribution >= 0.6 is 0 Å². The molecule has 0 aliphatic rings. The van der Waals surface area contributed by atoms with E-state index in [-0.39, 0.29) is 51.4 Å². The summed E-state index contributed by atoms with van der Waals surface area (Å²) in [7, 11) is 0. The molecule has 1 aromatic rings. The molecule has 0 N–H and O–H groups in total. The Bertz CT molecular complexity index is 345. The first-order valence-electron chi connectivity index (χ1n) is 4.06. The van der Waals surface area contributed by atoms with Gasteiger partial charge in [0, 0.05) is 0 Å². The molecular formula is C8H6BF6K. The molecule has 0 fully saturated rings. The van der Waals surface area contributed by atoms with Crippen molar-refractivity contribution in [1.82, 2.24) is 0 Å². The van der Waals surface area contributed by atoms with Crippen LogP contribution in [0.2, 0.25) is 0 Å². The summed E-state index contributed by atoms with van der Waals surface area (Å²) in [5, 5.41) is 0. The normalized spacial score (nSPS) is 12.1. The number of halogens is 6. The quantitative estimate of drug-likeness (QED) is 0.544. The van der Waals surface area contributed by atoms with E-state index in [2.05, 4.69) is 0 Å². The van der Waals surface area contributed by atoms with E-state index < -0.39 is 30.6 Å². The smallest absolute Gasteiger partial charge is 0.449 e. The van der Waals surface area contributed by atoms with E-state index in [1.807, 2.05) is 0 Å². The molecule has 0 saturated heterocycles. The Labute approximate surface area is 131 Å². The third kappa shape index (κ3) is 5.22. The maximum Gasteiger partial charge on any atom is 1.00 e. The van der Waals surface area contributed by atoms with Gasteiger partial charge in [-0.2, -0.15) is 13.2 Å². The minimum atomic E-state index is -5.25. The van der Waals surface area contributed by atoms with Crippen LogP contribution in [0.4, 0.5) is 26.1 Å². The molecule has 84 valence electrons. The van der Waals surface area contributed by atoms with Crippen LogP contribution in [0.15, 0.2) is 24.3 Å². The standard InChI is InChI=1S/C8H6BF6.K/c10-8(11,12)7-4-2-1-3-6(7)5-9(13,14)15;/h1-4H,5H2;/q-1;+1. The van der Waals surface area contributed by atoms with Gasteiger partial charge in [-0.1, -0.05) is 30.1 Å². The summed E-state index contributed by atoms with van der Waals surface area (Å²) in [6, 6.07) is 3.72. The minimum absolute atomic E-state index is 0. The Morgan fingerprint density at radius 3 is 1.94 bits per heavy atom. The average molecular weight is 266 g/mol. The van der Waals surface area contributed by atoms with Gasteiger partial charge in [-0.15, -0.1) is 0 Å². The molecule has 0 unspecified atom stereocenters. The Morgan fingerprint density at radius 2 is 1.50 bits per heavy atom. The van der Waals surface area contributed by atoms with Crippen LogP contribution in [-0.4, -0.2) is 6.98 Å². The van der Waals surface area contributed by atoms with Crippen molar-refractivity contribution in [3.63, 3.8) is 0 Å². The summed E-state index contributed by atoms with van der Waals surface area (Å²) in [5.74, 6) is 0. The van der Waals surface area contributed by atoms with Crippen molar-refractivity contribution >= 4 is 6.98 Å². The molecule has 1 rings (SSSR count). The molecule has 16 heavy (non-hydrogen) atoms. The molecule has 1 aromatic carbocycles. The predicted octanol–water partition coefficient (Wildman–Crippen LogP) is 0.638. The Kier molecular flexibility index (Phi) is 6.09. The number of hydrogen-bond donors (Lipinski definition) is 0. The monoisotopic (exact) mass is 266 g/mol. The third-order valence-electron chi connectivity index (χ3n) is 1.77. The van der Waals surface area contributed by atoms with Gasteiger partial charge in [-0.3, -0.25) is 0 Å². The van der Waals surface area contributed by atoms with Gasteiger partial charge < -0.3 is 12.9 Å². The number of alkyl halides is 3. The molecule has 0 aliphatic heterocycles. The maximum absolute atomic E-state index is 12.3. The molecule has 0 bridgehead atoms. The van der Waals surface area contributed by atoms with Gasteiger partial charge in [0.15, 0.2) is 0 Å². The minimum Gasteiger partial charge on any atom is -0.449 e. The van der Waals surface area contributed by atoms with Crippen molar-refractivity contribution in [1.29, 1.82) is 0 Å². The Balaban J connectivity index is 0.00000225. The zero-order chi connectivity index (χ0) is 11.7. The molecule has 0 saturated carbocycles. The number of hydrogen-bond acceptors (Lipinski definition) is 0. The van der Waals surface area contributed by atoms with E-state index in [4.69, 9.17) is 0 Å². The molecule has 0 aromatic heterocycles. The van der Waals surface area contributed by atoms with Crippen molar-refractivity contribution < 1.29 is 77.5 Å². The van der Waals surface area contributed by atoms with E-state index in [1.165, 1.54) is 0 Å². The van der Waals surface area contributed by atoms with Crippen molar-refractivity contribution in [3.8, 4) is 0 Å². The van der Waals surface area contributed by atoms with Crippen LogP contribution in [0.25, 0.3) is 0 Å². The van der Waals surface area contributed by atoms with Crippen LogP contribution in [0.5, 0.6) is 0 Å². The van der Waals surface area contributed by atoms with Crippen molar-refractivity contribution in [2.45, 2.75) is 12.5 Å². The summed E-state index contributed by atoms with van der Waals surface area (Å²) in [6.07, 6.45) is -6.24. The summed E-state index contributed by atoms with van der Waals surface area (Å²) in [4.78, 5) is 0. The first kappa shape index (κ1) is 16.5. The molecule has 0 heterocycles. The predicted molar refractivity (Wildman–Crippen MR) is 44.2 cm³/mol. The zero-order valence-electron chi connectivity index (χ0n) is 8.36. The summed E-state index contributed by atoms with van der Waals surface area (Å²) >= 11 is 0. The zero-order valence-corrected chi connectivity index (χ0v) is 11.5. The van der Waals surface area contributed by atoms with Gasteiger partial charge in [0.2, 0.25) is 0 Å². The fraction of sp³-hybridized carbons (Fsp3) is 0.250. The summed E-state index contributed by atoms with van der Waals surface area (Å²) in [6.45, 7) is -5.25. The molecular weight excluding hydrogens is 260 g/mol. The third-order valence-corrected chi connectivity index (χ3v) is 1.77. The molecule has 0 aliphatic carbocycles. The average Bonchev–Trinajstić information content (AvgIpc) is 1.99. The molecule has 0 amide bonds. The first-order valence-corrected chi connectivity index (χ1v) is 4.06. The van der Waals surface area contributed by atoms with Gasteiger partial charge >= 0.3 is 64.5 Å². The van der Waals surface area contributed by atoms with E-state index in [1.54, 1.807) is 0 Å². The fourth-order valence-corrected chi connectivity index (χ4v) is 1.22. The number of benzene rings is 1. The van der Waals surface area contributed by atoms with E-state index in [0.29, 0.717) is 6.07 Å². The van der Waals surface area contributed by atoms with Gasteiger partial charge in [-0.05, 0) is 6.07 Å². The Morgan fingerprint density at radius 1 is 1.00 bits per heavy atom. The van der Waals surface area contributed by atoms with Crippen LogP contribution in [0.1, 0.15) is 11.1 Å². The Hall–Kier alpha value is 0.501. The summed E-state index contributed by atoms with van der Waals surface area (Å²) < 4.78 is 72.8. The van der Waals surface area contributed by atoms with Crippen LogP contribution in [0.3, 0.4) is 0 Å². The van der Waals surface area contributed by atoms with Gasteiger partial charge in [0.1, 0.15) is 0 Å². The molecule has 0 nitrogen and oxygen atoms in total. The second-order valence-corrected chi connectivity index (χ2v) is 3.07. The van der Waals surface area contributed by atoms with E-state index in [9.17, 15) is 26.1 Å². The number of rotatable bonds is 2. The molecule has 0 spiro atoms. The van der Waals surface area contributed by atoms with Gasteiger partial charge in [-0.25, -0.2) is 0 Å². The molecule has 0 atom stereocenters. The topological polar surface area (TPSA) is 0 Å². The van der Waals surface area contributed by atoms with Crippen LogP contribution in [0, 0.1) is 0 Å². The largest absolute Gasteiger partial charge is 1.00 e. The van der Waals surface area contributed by atoms with Crippen molar-refractivity contribution in [2.75, 3.05) is 0 Å². The maximum atomic E-state index is 12.3. The van der Waals surface area contributed by atoms with Crippen LogP contribution < -0.4 is 51.4 Å². The SMILES string of the molecule is F[B-](F)(F)Cc1ccccc1C(F)(F)F.[K+]. The summed E-state index contributed by atoms with van der Waals surface area (Å²) in [5.41, 5.74) is -1.94. The van der Waals surface area contributed by atoms with Crippen LogP contribution in [-0.2, 0) is 12.5 Å². The van der Waals surface area contributed by atoms with Crippen molar-refractivity contribution in [3.05, 3.63) is 35.4 Å². The second kappa shape index (κ2) is 5.90. The van der Waals surface area contributed by atoms with E-state index in [0.717, 1.165) is 18.2 Å². The van der Waals surface area contributed by atoms with E-state index >= 15 is 0 Å². The van der Waals surface area contributed by atoms with Gasteiger partial charge in [0.05, 0.1) is 5.56 Å².